The molecule has 0 bridgehead atoms. The Morgan fingerprint density at radius 3 is 2.94 bits per heavy atom. The Bertz CT molecular complexity index is 654. The second-order valence-corrected chi connectivity index (χ2v) is 5.28. The summed E-state index contributed by atoms with van der Waals surface area (Å²) < 4.78 is 2.47. The third-order valence-electron chi connectivity index (χ3n) is 2.79. The zero-order valence-corrected chi connectivity index (χ0v) is 11.4. The fourth-order valence-electron chi connectivity index (χ4n) is 1.90. The highest BCUT2D eigenvalue weighted by atomic mass is 79.9. The normalized spacial score (nSPS) is 17.7. The van der Waals surface area contributed by atoms with Crippen LogP contribution in [0.3, 0.4) is 0 Å². The van der Waals surface area contributed by atoms with Crippen LogP contribution in [0, 0.1) is 0 Å². The van der Waals surface area contributed by atoms with Crippen LogP contribution in [0.5, 0.6) is 0 Å². The zero-order valence-electron chi connectivity index (χ0n) is 9.02. The highest BCUT2D eigenvalue weighted by Gasteiger charge is 2.28. The quantitative estimate of drug-likeness (QED) is 0.843. The number of fused-ring (bicyclic) bond motifs is 1. The van der Waals surface area contributed by atoms with Crippen molar-refractivity contribution in [2.75, 3.05) is 5.32 Å². The summed E-state index contributed by atoms with van der Waals surface area (Å²) in [4.78, 5) is 11.5. The summed E-state index contributed by atoms with van der Waals surface area (Å²) in [6.07, 6.45) is 3.44. The van der Waals surface area contributed by atoms with Crippen molar-refractivity contribution in [3.63, 3.8) is 0 Å². The number of nitrogens with zero attached hydrogens (tertiary/aromatic N) is 2. The van der Waals surface area contributed by atoms with Crippen LogP contribution >= 0.6 is 27.5 Å². The minimum atomic E-state index is -0.657. The van der Waals surface area contributed by atoms with Gasteiger partial charge >= 0.3 is 0 Å². The summed E-state index contributed by atoms with van der Waals surface area (Å²) in [5, 5.41) is 7.36. The molecule has 1 aromatic carbocycles. The molecule has 92 valence electrons. The van der Waals surface area contributed by atoms with Gasteiger partial charge in [0, 0.05) is 17.4 Å². The molecule has 1 aliphatic rings. The number of anilines is 1. The maximum absolute atomic E-state index is 11.5. The Hall–Kier alpha value is -1.37. The molecule has 0 spiro atoms. The number of hydrogen-bond acceptors (Lipinski definition) is 3. The number of rotatable bonds is 1. The number of amides is 1. The average Bonchev–Trinajstić information content (AvgIpc) is 2.86. The minimum Gasteiger partial charge on any atom is -0.324 e. The van der Waals surface area contributed by atoms with Crippen molar-refractivity contribution in [3.05, 3.63) is 39.6 Å². The van der Waals surface area contributed by atoms with E-state index in [0.717, 1.165) is 4.47 Å². The van der Waals surface area contributed by atoms with Gasteiger partial charge in [0.25, 0.3) is 0 Å². The number of aromatic nitrogens is 2. The highest BCUT2D eigenvalue weighted by Crippen LogP contribution is 2.35. The van der Waals surface area contributed by atoms with Gasteiger partial charge in [-0.15, -0.1) is 0 Å². The van der Waals surface area contributed by atoms with Gasteiger partial charge in [0.1, 0.15) is 6.04 Å². The van der Waals surface area contributed by atoms with E-state index in [-0.39, 0.29) is 5.91 Å². The second kappa shape index (κ2) is 4.08. The molecule has 0 saturated heterocycles. The van der Waals surface area contributed by atoms with E-state index in [2.05, 4.69) is 26.3 Å². The summed E-state index contributed by atoms with van der Waals surface area (Å²) in [5.41, 5.74) is 7.83. The maximum Gasteiger partial charge on any atom is 0.245 e. The fraction of sp³-hybridized carbons (Fsp3) is 0.0909. The number of nitrogens with two attached hydrogens (primary N) is 1. The third-order valence-corrected chi connectivity index (χ3v) is 3.50. The molecule has 18 heavy (non-hydrogen) atoms. The third kappa shape index (κ3) is 1.73. The molecule has 0 saturated carbocycles. The van der Waals surface area contributed by atoms with Crippen LogP contribution in [-0.2, 0) is 4.79 Å². The first-order valence-corrected chi connectivity index (χ1v) is 6.34. The van der Waals surface area contributed by atoms with E-state index in [0.29, 0.717) is 22.0 Å². The summed E-state index contributed by atoms with van der Waals surface area (Å²) >= 11 is 9.51. The van der Waals surface area contributed by atoms with E-state index < -0.39 is 6.04 Å². The van der Waals surface area contributed by atoms with Crippen molar-refractivity contribution in [1.29, 1.82) is 0 Å². The zero-order chi connectivity index (χ0) is 12.9. The Morgan fingerprint density at radius 1 is 1.50 bits per heavy atom. The van der Waals surface area contributed by atoms with Crippen molar-refractivity contribution in [3.8, 4) is 5.69 Å². The molecule has 5 nitrogen and oxygen atoms in total. The van der Waals surface area contributed by atoms with Gasteiger partial charge in [-0.3, -0.25) is 4.79 Å². The van der Waals surface area contributed by atoms with Crippen molar-refractivity contribution < 1.29 is 4.79 Å². The van der Waals surface area contributed by atoms with Crippen LogP contribution in [0.1, 0.15) is 11.6 Å². The van der Waals surface area contributed by atoms with Gasteiger partial charge in [0.15, 0.2) is 0 Å². The molecule has 0 fully saturated rings. The van der Waals surface area contributed by atoms with Gasteiger partial charge in [-0.2, -0.15) is 5.10 Å². The molecule has 1 aromatic heterocycles. The van der Waals surface area contributed by atoms with Gasteiger partial charge < -0.3 is 11.1 Å². The molecule has 1 aliphatic heterocycles. The maximum atomic E-state index is 11.5. The van der Waals surface area contributed by atoms with Crippen molar-refractivity contribution >= 4 is 39.1 Å². The molecule has 1 atom stereocenters. The molecule has 3 rings (SSSR count). The van der Waals surface area contributed by atoms with E-state index in [9.17, 15) is 4.79 Å². The first-order valence-electron chi connectivity index (χ1n) is 5.16. The summed E-state index contributed by atoms with van der Waals surface area (Å²) in [7, 11) is 0. The van der Waals surface area contributed by atoms with Crippen LogP contribution in [0.25, 0.3) is 5.69 Å². The molecular formula is C11H8BrClN4O. The van der Waals surface area contributed by atoms with Crippen LogP contribution in [0.15, 0.2) is 29.0 Å². The number of halogens is 2. The molecule has 1 unspecified atom stereocenters. The molecular weight excluding hydrogens is 320 g/mol. The first kappa shape index (κ1) is 11.7. The van der Waals surface area contributed by atoms with E-state index in [4.69, 9.17) is 17.3 Å². The van der Waals surface area contributed by atoms with E-state index in [1.165, 1.54) is 0 Å². The number of benzene rings is 1. The molecule has 0 radical (unpaired) electrons. The topological polar surface area (TPSA) is 72.9 Å². The van der Waals surface area contributed by atoms with Crippen LogP contribution in [0.2, 0.25) is 5.02 Å². The summed E-state index contributed by atoms with van der Waals surface area (Å²) in [6.45, 7) is 0. The molecule has 2 aromatic rings. The Kier molecular flexibility index (Phi) is 2.65. The molecule has 3 N–H and O–H groups in total. The number of nitrogens with one attached hydrogen (secondary N) is 1. The summed E-state index contributed by atoms with van der Waals surface area (Å²) in [5.74, 6) is -0.222. The largest absolute Gasteiger partial charge is 0.324 e. The molecule has 2 heterocycles. The van der Waals surface area contributed by atoms with Crippen LogP contribution in [0.4, 0.5) is 5.69 Å². The SMILES string of the molecule is NC1C(=O)Nc2cc(-n3cc(Br)cn3)c(Cl)cc21. The van der Waals surface area contributed by atoms with Gasteiger partial charge in [-0.05, 0) is 28.1 Å². The fourth-order valence-corrected chi connectivity index (χ4v) is 2.45. The van der Waals surface area contributed by atoms with Crippen molar-refractivity contribution in [2.45, 2.75) is 6.04 Å². The standard InChI is InChI=1S/C11H8BrClN4O/c12-5-3-15-17(4-5)9-2-8-6(1-7(9)13)10(14)11(18)16-8/h1-4,10H,14H2,(H,16,18). The number of hydrogen-bond donors (Lipinski definition) is 2. The van der Waals surface area contributed by atoms with Gasteiger partial charge in [0.05, 0.1) is 21.4 Å². The molecule has 7 heteroatoms. The number of carbonyl (C=O) groups excluding carboxylic acids is 1. The lowest BCUT2D eigenvalue weighted by Gasteiger charge is -2.08. The monoisotopic (exact) mass is 326 g/mol. The number of carbonyl (C=O) groups is 1. The van der Waals surface area contributed by atoms with E-state index >= 15 is 0 Å². The average molecular weight is 328 g/mol. The smallest absolute Gasteiger partial charge is 0.245 e. The van der Waals surface area contributed by atoms with Crippen molar-refractivity contribution in [2.24, 2.45) is 5.73 Å². The van der Waals surface area contributed by atoms with E-state index in [1.54, 1.807) is 29.2 Å². The summed E-state index contributed by atoms with van der Waals surface area (Å²) in [6, 6.07) is 2.81. The molecule has 0 aliphatic carbocycles. The lowest BCUT2D eigenvalue weighted by Crippen LogP contribution is -2.19. The van der Waals surface area contributed by atoms with Gasteiger partial charge in [-0.25, -0.2) is 4.68 Å². The lowest BCUT2D eigenvalue weighted by atomic mass is 10.1. The Labute approximate surface area is 116 Å². The predicted octanol–water partition coefficient (Wildman–Crippen LogP) is 2.24. The Morgan fingerprint density at radius 2 is 2.28 bits per heavy atom. The van der Waals surface area contributed by atoms with Gasteiger partial charge in [-0.1, -0.05) is 11.6 Å². The van der Waals surface area contributed by atoms with Crippen LogP contribution in [-0.4, -0.2) is 15.7 Å². The lowest BCUT2D eigenvalue weighted by molar-refractivity contribution is -0.116. The minimum absolute atomic E-state index is 0.222. The molecule has 1 amide bonds. The van der Waals surface area contributed by atoms with Crippen molar-refractivity contribution in [1.82, 2.24) is 9.78 Å². The second-order valence-electron chi connectivity index (χ2n) is 3.96. The van der Waals surface area contributed by atoms with Crippen LogP contribution < -0.4 is 11.1 Å². The Balaban J connectivity index is 2.14. The highest BCUT2D eigenvalue weighted by molar-refractivity contribution is 9.10. The predicted molar refractivity (Wildman–Crippen MR) is 71.8 cm³/mol. The van der Waals surface area contributed by atoms with E-state index in [1.807, 2.05) is 0 Å². The first-order chi connectivity index (χ1) is 8.56. The van der Waals surface area contributed by atoms with Gasteiger partial charge in [0.2, 0.25) is 5.91 Å².